The fourth-order valence-electron chi connectivity index (χ4n) is 6.89. The summed E-state index contributed by atoms with van der Waals surface area (Å²) in [5, 5.41) is 0. The summed E-state index contributed by atoms with van der Waals surface area (Å²) in [7, 11) is 0. The molecule has 56 heavy (non-hydrogen) atoms. The summed E-state index contributed by atoms with van der Waals surface area (Å²) in [6.45, 7) is 0. The van der Waals surface area contributed by atoms with Crippen LogP contribution in [0, 0.1) is 0 Å². The third kappa shape index (κ3) is 8.52. The molecule has 0 fully saturated rings. The van der Waals surface area contributed by atoms with Crippen LogP contribution in [-0.2, 0) is 0 Å². The van der Waals surface area contributed by atoms with Gasteiger partial charge in [0.2, 0.25) is 0 Å². The van der Waals surface area contributed by atoms with Gasteiger partial charge in [0, 0.05) is 33.9 Å². The number of benzene rings is 8. The topological polar surface area (TPSA) is 6.48 Å². The maximum absolute atomic E-state index is 2.40. The van der Waals surface area contributed by atoms with Crippen molar-refractivity contribution >= 4 is 58.4 Å². The van der Waals surface area contributed by atoms with Crippen molar-refractivity contribution in [2.24, 2.45) is 0 Å². The van der Waals surface area contributed by atoms with Gasteiger partial charge in [-0.05, 0) is 70.8 Å². The van der Waals surface area contributed by atoms with E-state index in [1.807, 2.05) is 12.1 Å². The monoisotopic (exact) mass is 718 g/mol. The maximum atomic E-state index is 2.40. The first-order valence-corrected chi connectivity index (χ1v) is 19.0. The summed E-state index contributed by atoms with van der Waals surface area (Å²) in [6, 6.07) is 81.4. The molecule has 8 rings (SSSR count). The molecule has 8 aromatic rings. The van der Waals surface area contributed by atoms with E-state index in [1.54, 1.807) is 0 Å². The van der Waals surface area contributed by atoms with Gasteiger partial charge in [-0.1, -0.05) is 206 Å². The molecule has 0 aliphatic rings. The molecule has 0 saturated heterocycles. The van der Waals surface area contributed by atoms with Crippen LogP contribution in [0.1, 0.15) is 33.4 Å². The Balaban J connectivity index is 1.35. The molecule has 0 spiro atoms. The van der Waals surface area contributed by atoms with Crippen molar-refractivity contribution in [2.45, 2.75) is 0 Å². The Kier molecular flexibility index (Phi) is 11.2. The van der Waals surface area contributed by atoms with E-state index in [0.717, 1.165) is 56.4 Å². The quantitative estimate of drug-likeness (QED) is 0.116. The Bertz CT molecular complexity index is 2330. The lowest BCUT2D eigenvalue weighted by Gasteiger charge is -2.36. The van der Waals surface area contributed by atoms with Crippen molar-refractivity contribution in [1.29, 1.82) is 0 Å². The smallest absolute Gasteiger partial charge is 0.0781 e. The zero-order chi connectivity index (χ0) is 37.8. The van der Waals surface area contributed by atoms with Crippen LogP contribution in [0.2, 0.25) is 0 Å². The van der Waals surface area contributed by atoms with Gasteiger partial charge in [-0.15, -0.1) is 0 Å². The van der Waals surface area contributed by atoms with Crippen LogP contribution in [0.15, 0.2) is 231 Å². The van der Waals surface area contributed by atoms with Gasteiger partial charge in [0.25, 0.3) is 0 Å². The predicted octanol–water partition coefficient (Wildman–Crippen LogP) is 14.5. The van der Waals surface area contributed by atoms with E-state index in [2.05, 4.69) is 252 Å². The Morgan fingerprint density at radius 3 is 0.768 bits per heavy atom. The van der Waals surface area contributed by atoms with Gasteiger partial charge in [0.05, 0.1) is 11.4 Å². The van der Waals surface area contributed by atoms with Crippen molar-refractivity contribution < 1.29 is 0 Å². The summed E-state index contributed by atoms with van der Waals surface area (Å²) in [5.41, 5.74) is 13.1. The van der Waals surface area contributed by atoms with Crippen LogP contribution in [0.25, 0.3) is 35.7 Å². The van der Waals surface area contributed by atoms with E-state index in [9.17, 15) is 0 Å². The molecule has 0 unspecified atom stereocenters. The Hall–Kier alpha value is -7.42. The second-order valence-corrected chi connectivity index (χ2v) is 13.4. The summed E-state index contributed by atoms with van der Waals surface area (Å²) < 4.78 is 0. The molecule has 0 bridgehead atoms. The minimum absolute atomic E-state index is 1.05. The third-order valence-corrected chi connectivity index (χ3v) is 9.63. The van der Waals surface area contributed by atoms with Crippen molar-refractivity contribution in [1.82, 2.24) is 0 Å². The fourth-order valence-corrected chi connectivity index (χ4v) is 6.89. The molecule has 0 atom stereocenters. The number of hydrogen-bond donors (Lipinski definition) is 0. The highest BCUT2D eigenvalue weighted by Crippen LogP contribution is 2.44. The number of rotatable bonds is 12. The molecule has 268 valence electrons. The average Bonchev–Trinajstić information content (AvgIpc) is 3.28. The van der Waals surface area contributed by atoms with Gasteiger partial charge in [-0.25, -0.2) is 0 Å². The molecule has 0 aromatic heterocycles. The minimum atomic E-state index is 1.05. The van der Waals surface area contributed by atoms with Crippen LogP contribution < -0.4 is 9.80 Å². The van der Waals surface area contributed by atoms with E-state index in [4.69, 9.17) is 0 Å². The van der Waals surface area contributed by atoms with E-state index >= 15 is 0 Å². The van der Waals surface area contributed by atoms with E-state index in [-0.39, 0.29) is 0 Å². The Labute approximate surface area is 330 Å². The SMILES string of the molecule is C(=Cc1ccc(N(C(=C(c2ccccc2)N(c2ccccc2)c2ccc(C=Cc3ccccc3)cc2)c2ccccc2)c2ccccc2)cc1)c1ccccc1. The zero-order valence-electron chi connectivity index (χ0n) is 31.1. The van der Waals surface area contributed by atoms with E-state index < -0.39 is 0 Å². The molecule has 0 amide bonds. The van der Waals surface area contributed by atoms with Gasteiger partial charge >= 0.3 is 0 Å². The lowest BCUT2D eigenvalue weighted by Crippen LogP contribution is -2.24. The van der Waals surface area contributed by atoms with Crippen LogP contribution in [0.5, 0.6) is 0 Å². The van der Waals surface area contributed by atoms with Gasteiger partial charge in [0.1, 0.15) is 0 Å². The van der Waals surface area contributed by atoms with E-state index in [0.29, 0.717) is 0 Å². The fraction of sp³-hybridized carbons (Fsp3) is 0. The molecule has 0 heterocycles. The number of anilines is 4. The molecular weight excluding hydrogens is 677 g/mol. The molecule has 0 radical (unpaired) electrons. The van der Waals surface area contributed by atoms with Gasteiger partial charge in [0.15, 0.2) is 0 Å². The highest BCUT2D eigenvalue weighted by Gasteiger charge is 2.27. The summed E-state index contributed by atoms with van der Waals surface area (Å²) >= 11 is 0. The second kappa shape index (κ2) is 17.6. The third-order valence-electron chi connectivity index (χ3n) is 9.63. The highest BCUT2D eigenvalue weighted by molar-refractivity contribution is 6.07. The number of hydrogen-bond acceptors (Lipinski definition) is 2. The summed E-state index contributed by atoms with van der Waals surface area (Å²) in [5.74, 6) is 0. The molecule has 8 aromatic carbocycles. The van der Waals surface area contributed by atoms with Crippen molar-refractivity contribution in [3.63, 3.8) is 0 Å². The van der Waals surface area contributed by atoms with Crippen molar-refractivity contribution in [2.75, 3.05) is 9.80 Å². The first-order chi connectivity index (χ1) is 27.8. The normalized spacial score (nSPS) is 11.7. The molecule has 0 aliphatic heterocycles. The zero-order valence-corrected chi connectivity index (χ0v) is 31.1. The van der Waals surface area contributed by atoms with Crippen molar-refractivity contribution in [3.05, 3.63) is 264 Å². The Morgan fingerprint density at radius 1 is 0.232 bits per heavy atom. The van der Waals surface area contributed by atoms with Gasteiger partial charge < -0.3 is 9.80 Å². The van der Waals surface area contributed by atoms with Crippen LogP contribution in [0.4, 0.5) is 22.7 Å². The largest absolute Gasteiger partial charge is 0.308 e. The van der Waals surface area contributed by atoms with Gasteiger partial charge in [-0.2, -0.15) is 0 Å². The lowest BCUT2D eigenvalue weighted by atomic mass is 9.99. The molecule has 2 heteroatoms. The summed E-state index contributed by atoms with van der Waals surface area (Å²) in [4.78, 5) is 4.80. The predicted molar refractivity (Wildman–Crippen MR) is 240 cm³/mol. The molecule has 0 aliphatic carbocycles. The molecule has 2 nitrogen and oxygen atoms in total. The molecule has 0 saturated carbocycles. The Morgan fingerprint density at radius 2 is 0.464 bits per heavy atom. The van der Waals surface area contributed by atoms with Crippen LogP contribution >= 0.6 is 0 Å². The summed E-state index contributed by atoms with van der Waals surface area (Å²) in [6.07, 6.45) is 8.66. The molecular formula is C54H42N2. The highest BCUT2D eigenvalue weighted by atomic mass is 15.2. The second-order valence-electron chi connectivity index (χ2n) is 13.4. The lowest BCUT2D eigenvalue weighted by molar-refractivity contribution is 1.24. The first kappa shape index (κ1) is 35.6. The standard InChI is InChI=1S/C54H42N2/c1-7-19-43(20-8-1)31-33-45-35-39-51(40-36-45)55(49-27-15-5-16-28-49)53(47-23-11-3-12-24-47)54(48-25-13-4-14-26-48)56(50-29-17-6-18-30-50)52-41-37-46(38-42-52)34-32-44-21-9-2-10-22-44/h1-42H. The van der Waals surface area contributed by atoms with Crippen LogP contribution in [-0.4, -0.2) is 0 Å². The molecule has 0 N–H and O–H groups in total. The van der Waals surface area contributed by atoms with E-state index in [1.165, 1.54) is 11.1 Å². The van der Waals surface area contributed by atoms with Crippen molar-refractivity contribution in [3.8, 4) is 0 Å². The van der Waals surface area contributed by atoms with Gasteiger partial charge in [-0.3, -0.25) is 0 Å². The first-order valence-electron chi connectivity index (χ1n) is 19.0. The van der Waals surface area contributed by atoms with Crippen LogP contribution in [0.3, 0.4) is 0 Å². The minimum Gasteiger partial charge on any atom is -0.308 e. The average molecular weight is 719 g/mol. The maximum Gasteiger partial charge on any atom is 0.0781 e. The number of para-hydroxylation sites is 2. The number of nitrogens with zero attached hydrogens (tertiary/aromatic N) is 2.